The molecule has 67 heavy (non-hydrogen) atoms. The van der Waals surface area contributed by atoms with Crippen LogP contribution in [0.15, 0.2) is 260 Å². The van der Waals surface area contributed by atoms with E-state index in [0.717, 1.165) is 39.3 Å². The van der Waals surface area contributed by atoms with Crippen molar-refractivity contribution in [1.82, 2.24) is 15.2 Å². The number of aliphatic imine (C=N–C) groups is 1. The first-order valence-corrected chi connectivity index (χ1v) is 23.0. The number of nitrogens with one attached hydrogen (secondary N) is 2. The first-order chi connectivity index (χ1) is 33.2. The molecule has 2 N–H and O–H groups in total. The Morgan fingerprint density at radius 1 is 0.313 bits per heavy atom. The van der Waals surface area contributed by atoms with Crippen LogP contribution in [0, 0.1) is 0 Å². The Bertz CT molecular complexity index is 3520. The Morgan fingerprint density at radius 2 is 0.716 bits per heavy atom. The van der Waals surface area contributed by atoms with Crippen molar-refractivity contribution in [1.29, 1.82) is 0 Å². The average Bonchev–Trinajstić information content (AvgIpc) is 3.76. The van der Waals surface area contributed by atoms with Gasteiger partial charge < -0.3 is 9.88 Å². The van der Waals surface area contributed by atoms with Crippen LogP contribution >= 0.6 is 0 Å². The largest absolute Gasteiger partial charge is 0.350 e. The van der Waals surface area contributed by atoms with Crippen LogP contribution in [0.5, 0.6) is 0 Å². The van der Waals surface area contributed by atoms with Gasteiger partial charge in [0.2, 0.25) is 0 Å². The first kappa shape index (κ1) is 40.0. The molecular formula is C63H46N4. The SMILES string of the molecule is c1ccc(-c2cccc(-c3ccc(C4=NC(c5cccc(-n6c7ccccc7c7ccccc76)c5)NC(c5ccc(-c6cccc(-c7cccc(-c8ccccc8)c7)c6)cc5)N4)cc3)c2)cc1. The molecule has 4 heteroatoms. The van der Waals surface area contributed by atoms with Gasteiger partial charge in [-0.25, -0.2) is 4.99 Å². The number of aromatic nitrogens is 1. The second-order valence-corrected chi connectivity index (χ2v) is 17.3. The lowest BCUT2D eigenvalue weighted by Gasteiger charge is -2.32. The zero-order valence-corrected chi connectivity index (χ0v) is 36.8. The quantitative estimate of drug-likeness (QED) is 0.152. The minimum atomic E-state index is -0.320. The molecule has 12 rings (SSSR count). The average molecular weight is 859 g/mol. The van der Waals surface area contributed by atoms with Gasteiger partial charge in [-0.15, -0.1) is 0 Å². The maximum absolute atomic E-state index is 5.42. The van der Waals surface area contributed by atoms with E-state index in [2.05, 4.69) is 270 Å². The van der Waals surface area contributed by atoms with Crippen molar-refractivity contribution >= 4 is 27.6 Å². The molecule has 0 fully saturated rings. The molecule has 0 spiro atoms. The molecule has 1 aromatic heterocycles. The highest BCUT2D eigenvalue weighted by Gasteiger charge is 2.26. The number of rotatable bonds is 9. The molecule has 2 unspecified atom stereocenters. The predicted molar refractivity (Wildman–Crippen MR) is 279 cm³/mol. The van der Waals surface area contributed by atoms with Crippen LogP contribution in [-0.4, -0.2) is 10.4 Å². The third-order valence-corrected chi connectivity index (χ3v) is 13.1. The third kappa shape index (κ3) is 7.90. The second-order valence-electron chi connectivity index (χ2n) is 17.3. The number of benzene rings is 10. The van der Waals surface area contributed by atoms with Gasteiger partial charge in [-0.3, -0.25) is 5.32 Å². The van der Waals surface area contributed by atoms with Crippen molar-refractivity contribution < 1.29 is 0 Å². The number of hydrogen-bond donors (Lipinski definition) is 2. The van der Waals surface area contributed by atoms with E-state index in [-0.39, 0.29) is 12.3 Å². The summed E-state index contributed by atoms with van der Waals surface area (Å²) in [5.74, 6) is 0.843. The molecule has 0 amide bonds. The highest BCUT2D eigenvalue weighted by atomic mass is 15.3. The zero-order valence-electron chi connectivity index (χ0n) is 36.8. The third-order valence-electron chi connectivity index (χ3n) is 13.1. The maximum atomic E-state index is 5.42. The van der Waals surface area contributed by atoms with Gasteiger partial charge in [0.25, 0.3) is 0 Å². The van der Waals surface area contributed by atoms with Crippen LogP contribution in [0.1, 0.15) is 29.0 Å². The fourth-order valence-corrected chi connectivity index (χ4v) is 9.67. The van der Waals surface area contributed by atoms with E-state index in [1.165, 1.54) is 66.3 Å². The Labute approximate surface area is 391 Å². The van der Waals surface area contributed by atoms with Crippen LogP contribution in [-0.2, 0) is 0 Å². The maximum Gasteiger partial charge on any atom is 0.131 e. The van der Waals surface area contributed by atoms with Gasteiger partial charge in [0.05, 0.1) is 11.0 Å². The summed E-state index contributed by atoms with van der Waals surface area (Å²) in [6, 6.07) is 91.4. The summed E-state index contributed by atoms with van der Waals surface area (Å²) in [5.41, 5.74) is 18.6. The van der Waals surface area contributed by atoms with Gasteiger partial charge in [0.15, 0.2) is 0 Å². The predicted octanol–water partition coefficient (Wildman–Crippen LogP) is 15.5. The fraction of sp³-hybridized carbons (Fsp3) is 0.0317. The smallest absolute Gasteiger partial charge is 0.131 e. The Kier molecular flexibility index (Phi) is 10.4. The van der Waals surface area contributed by atoms with E-state index in [4.69, 9.17) is 4.99 Å². The number of para-hydroxylation sites is 2. The number of nitrogens with zero attached hydrogens (tertiary/aromatic N) is 2. The minimum Gasteiger partial charge on any atom is -0.350 e. The van der Waals surface area contributed by atoms with Crippen molar-refractivity contribution in [3.8, 4) is 61.3 Å². The highest BCUT2D eigenvalue weighted by molar-refractivity contribution is 6.09. The van der Waals surface area contributed by atoms with E-state index in [1.54, 1.807) is 0 Å². The van der Waals surface area contributed by atoms with E-state index < -0.39 is 0 Å². The molecule has 2 heterocycles. The Morgan fingerprint density at radius 3 is 1.24 bits per heavy atom. The molecule has 0 bridgehead atoms. The molecule has 11 aromatic rings. The van der Waals surface area contributed by atoms with Gasteiger partial charge >= 0.3 is 0 Å². The summed E-state index contributed by atoms with van der Waals surface area (Å²) in [6.45, 7) is 0. The standard InChI is InChI=1S/C63H46N4/c1-3-15-43(16-4-1)49-19-11-21-51(39-49)45-31-35-47(36-32-45)61-64-62(66-63(65-61)55-25-14-26-56(42-55)67-59-29-9-7-27-57(59)58-28-8-10-30-60(58)67)48-37-33-46(34-38-48)52-22-13-24-54(41-52)53-23-12-20-50(40-53)44-17-5-2-6-18-44/h1-42,62-63,66H,(H,64,65). The van der Waals surface area contributed by atoms with Gasteiger partial charge in [0.1, 0.15) is 18.2 Å². The highest BCUT2D eigenvalue weighted by Crippen LogP contribution is 2.35. The van der Waals surface area contributed by atoms with Crippen molar-refractivity contribution in [2.75, 3.05) is 0 Å². The van der Waals surface area contributed by atoms with Crippen molar-refractivity contribution in [2.45, 2.75) is 12.3 Å². The summed E-state index contributed by atoms with van der Waals surface area (Å²) in [6.07, 6.45) is -0.530. The van der Waals surface area contributed by atoms with Crippen LogP contribution in [0.3, 0.4) is 0 Å². The van der Waals surface area contributed by atoms with Crippen molar-refractivity contribution in [3.05, 3.63) is 271 Å². The molecule has 0 saturated carbocycles. The van der Waals surface area contributed by atoms with Crippen molar-refractivity contribution in [2.24, 2.45) is 4.99 Å². The van der Waals surface area contributed by atoms with E-state index in [1.807, 2.05) is 0 Å². The molecule has 10 aromatic carbocycles. The monoisotopic (exact) mass is 858 g/mol. The van der Waals surface area contributed by atoms with E-state index in [0.29, 0.717) is 0 Å². The van der Waals surface area contributed by atoms with Gasteiger partial charge in [0, 0.05) is 22.0 Å². The van der Waals surface area contributed by atoms with Crippen LogP contribution < -0.4 is 10.6 Å². The topological polar surface area (TPSA) is 41.4 Å². The molecule has 1 aliphatic rings. The molecule has 2 atom stereocenters. The summed E-state index contributed by atoms with van der Waals surface area (Å²) >= 11 is 0. The first-order valence-electron chi connectivity index (χ1n) is 23.0. The minimum absolute atomic E-state index is 0.210. The zero-order chi connectivity index (χ0) is 44.5. The number of amidine groups is 1. The number of hydrogen-bond acceptors (Lipinski definition) is 3. The summed E-state index contributed by atoms with van der Waals surface area (Å²) in [4.78, 5) is 5.42. The van der Waals surface area contributed by atoms with Crippen LogP contribution in [0.2, 0.25) is 0 Å². The van der Waals surface area contributed by atoms with Gasteiger partial charge in [-0.1, -0.05) is 212 Å². The van der Waals surface area contributed by atoms with Gasteiger partial charge in [-0.2, -0.15) is 0 Å². The molecule has 0 radical (unpaired) electrons. The molecule has 318 valence electrons. The lowest BCUT2D eigenvalue weighted by atomic mass is 9.95. The van der Waals surface area contributed by atoms with Crippen LogP contribution in [0.25, 0.3) is 83.1 Å². The van der Waals surface area contributed by atoms with Gasteiger partial charge in [-0.05, 0) is 109 Å². The molecule has 1 aliphatic heterocycles. The summed E-state index contributed by atoms with van der Waals surface area (Å²) in [7, 11) is 0. The lowest BCUT2D eigenvalue weighted by Crippen LogP contribution is -2.44. The molecule has 4 nitrogen and oxygen atoms in total. The molecule has 0 aliphatic carbocycles. The Hall–Kier alpha value is -8.57. The summed E-state index contributed by atoms with van der Waals surface area (Å²) in [5, 5.41) is 10.2. The fourth-order valence-electron chi connectivity index (χ4n) is 9.67. The van der Waals surface area contributed by atoms with Crippen LogP contribution in [0.4, 0.5) is 0 Å². The number of fused-ring (bicyclic) bond motifs is 3. The van der Waals surface area contributed by atoms with Crippen molar-refractivity contribution in [3.63, 3.8) is 0 Å². The normalized spacial score (nSPS) is 14.7. The summed E-state index contributed by atoms with van der Waals surface area (Å²) < 4.78 is 2.37. The second kappa shape index (κ2) is 17.4. The Balaban J connectivity index is 0.880. The van der Waals surface area contributed by atoms with E-state index in [9.17, 15) is 0 Å². The van der Waals surface area contributed by atoms with E-state index >= 15 is 0 Å². The molecule has 0 saturated heterocycles. The lowest BCUT2D eigenvalue weighted by molar-refractivity contribution is 0.409. The molecular weight excluding hydrogens is 813 g/mol.